The molecule has 0 aliphatic carbocycles. The van der Waals surface area contributed by atoms with Crippen LogP contribution < -0.4 is 5.73 Å². The molecule has 21 heavy (non-hydrogen) atoms. The second kappa shape index (κ2) is 4.80. The summed E-state index contributed by atoms with van der Waals surface area (Å²) in [6.45, 7) is 2.81. The Bertz CT molecular complexity index is 777. The fourth-order valence-electron chi connectivity index (χ4n) is 1.86. The van der Waals surface area contributed by atoms with Crippen LogP contribution >= 0.6 is 0 Å². The summed E-state index contributed by atoms with van der Waals surface area (Å²) in [5, 5.41) is 3.53. The lowest BCUT2D eigenvalue weighted by atomic mass is 9.99. The fraction of sp³-hybridized carbons (Fsp3) is 0.308. The highest BCUT2D eigenvalue weighted by atomic mass is 32.2. The molecular formula is C13H14F2N2O3S. The van der Waals surface area contributed by atoms with E-state index in [1.807, 2.05) is 0 Å². The minimum Gasteiger partial charge on any atom is -0.380 e. The molecule has 0 fully saturated rings. The smallest absolute Gasteiger partial charge is 0.175 e. The van der Waals surface area contributed by atoms with E-state index in [9.17, 15) is 17.2 Å². The van der Waals surface area contributed by atoms with Crippen LogP contribution in [0, 0.1) is 11.6 Å². The topological polar surface area (TPSA) is 86.2 Å². The zero-order chi connectivity index (χ0) is 16.0. The molecule has 2 aromatic rings. The molecule has 0 radical (unpaired) electrons. The average Bonchev–Trinajstić information content (AvgIpc) is 2.68. The van der Waals surface area contributed by atoms with E-state index in [-0.39, 0.29) is 22.7 Å². The van der Waals surface area contributed by atoms with Gasteiger partial charge in [-0.3, -0.25) is 0 Å². The number of hydrogen-bond acceptors (Lipinski definition) is 5. The van der Waals surface area contributed by atoms with Gasteiger partial charge in [-0.2, -0.15) is 0 Å². The normalized spacial score (nSPS) is 12.6. The van der Waals surface area contributed by atoms with Gasteiger partial charge in [0.15, 0.2) is 21.4 Å². The van der Waals surface area contributed by atoms with Crippen molar-refractivity contribution in [2.45, 2.75) is 18.6 Å². The lowest BCUT2D eigenvalue weighted by molar-refractivity contribution is 0.357. The van der Waals surface area contributed by atoms with E-state index in [1.54, 1.807) is 0 Å². The Morgan fingerprint density at radius 2 is 1.71 bits per heavy atom. The number of rotatable bonds is 3. The van der Waals surface area contributed by atoms with Crippen LogP contribution in [0.4, 0.5) is 14.6 Å². The molecule has 0 unspecified atom stereocenters. The van der Waals surface area contributed by atoms with Gasteiger partial charge in [0.1, 0.15) is 16.4 Å². The van der Waals surface area contributed by atoms with Gasteiger partial charge in [0.25, 0.3) is 0 Å². The Morgan fingerprint density at radius 3 is 2.19 bits per heavy atom. The van der Waals surface area contributed by atoms with E-state index >= 15 is 0 Å². The van der Waals surface area contributed by atoms with E-state index < -0.39 is 26.2 Å². The Labute approximate surface area is 120 Å². The van der Waals surface area contributed by atoms with E-state index in [2.05, 4.69) is 5.16 Å². The van der Waals surface area contributed by atoms with Crippen molar-refractivity contribution in [1.82, 2.24) is 5.16 Å². The van der Waals surface area contributed by atoms with Crippen molar-refractivity contribution in [3.63, 3.8) is 0 Å². The van der Waals surface area contributed by atoms with Crippen molar-refractivity contribution in [1.29, 1.82) is 0 Å². The van der Waals surface area contributed by atoms with Gasteiger partial charge in [0.2, 0.25) is 0 Å². The Balaban J connectivity index is 2.75. The molecule has 8 heteroatoms. The van der Waals surface area contributed by atoms with E-state index in [4.69, 9.17) is 10.3 Å². The maximum Gasteiger partial charge on any atom is 0.175 e. The molecule has 1 aromatic carbocycles. The second-order valence-corrected chi connectivity index (χ2v) is 7.78. The van der Waals surface area contributed by atoms with Crippen molar-refractivity contribution in [2.75, 3.05) is 12.0 Å². The highest BCUT2D eigenvalue weighted by Crippen LogP contribution is 2.40. The highest BCUT2D eigenvalue weighted by Gasteiger charge is 2.40. The third-order valence-corrected chi connectivity index (χ3v) is 5.38. The predicted molar refractivity (Wildman–Crippen MR) is 74.1 cm³/mol. The number of aromatic nitrogens is 1. The number of nitrogens with two attached hydrogens (primary N) is 1. The van der Waals surface area contributed by atoms with Gasteiger partial charge in [-0.15, -0.1) is 0 Å². The number of hydrogen-bond donors (Lipinski definition) is 1. The molecular weight excluding hydrogens is 302 g/mol. The first-order valence-electron chi connectivity index (χ1n) is 5.95. The molecule has 0 spiro atoms. The van der Waals surface area contributed by atoms with Crippen LogP contribution in [0.1, 0.15) is 19.6 Å². The summed E-state index contributed by atoms with van der Waals surface area (Å²) in [5.74, 6) is -1.82. The van der Waals surface area contributed by atoms with Crippen LogP contribution in [0.15, 0.2) is 22.7 Å². The van der Waals surface area contributed by atoms with E-state index in [0.29, 0.717) is 6.07 Å². The van der Waals surface area contributed by atoms with Gasteiger partial charge in [-0.25, -0.2) is 17.2 Å². The summed E-state index contributed by atoms with van der Waals surface area (Å²) in [7, 11) is -3.57. The average molecular weight is 316 g/mol. The van der Waals surface area contributed by atoms with Crippen molar-refractivity contribution < 1.29 is 21.7 Å². The number of anilines is 1. The van der Waals surface area contributed by atoms with Gasteiger partial charge in [-0.05, 0) is 31.5 Å². The lowest BCUT2D eigenvalue weighted by Gasteiger charge is -2.20. The summed E-state index contributed by atoms with van der Waals surface area (Å²) in [6.07, 6.45) is 1.03. The Morgan fingerprint density at radius 1 is 1.19 bits per heavy atom. The van der Waals surface area contributed by atoms with E-state index in [0.717, 1.165) is 18.4 Å². The van der Waals surface area contributed by atoms with Crippen LogP contribution in [0.2, 0.25) is 0 Å². The molecule has 0 atom stereocenters. The lowest BCUT2D eigenvalue weighted by Crippen LogP contribution is -2.28. The van der Waals surface area contributed by atoms with Crippen LogP contribution in [0.25, 0.3) is 11.1 Å². The largest absolute Gasteiger partial charge is 0.380 e. The Kier molecular flexibility index (Phi) is 3.53. The van der Waals surface area contributed by atoms with Gasteiger partial charge in [0, 0.05) is 12.3 Å². The molecule has 0 saturated carbocycles. The quantitative estimate of drug-likeness (QED) is 0.940. The summed E-state index contributed by atoms with van der Waals surface area (Å²) in [4.78, 5) is 0. The molecule has 2 N–H and O–H groups in total. The minimum atomic E-state index is -3.57. The molecule has 1 aromatic heterocycles. The monoisotopic (exact) mass is 316 g/mol. The summed E-state index contributed by atoms with van der Waals surface area (Å²) < 4.78 is 54.1. The zero-order valence-corrected chi connectivity index (χ0v) is 12.5. The van der Waals surface area contributed by atoms with Crippen LogP contribution in [-0.2, 0) is 14.6 Å². The van der Waals surface area contributed by atoms with Crippen molar-refractivity contribution in [3.05, 3.63) is 35.6 Å². The second-order valence-electron chi connectivity index (χ2n) is 5.21. The SMILES string of the molecule is CC(C)(c1onc(N)c1-c1cc(F)cc(F)c1)S(C)(=O)=O. The first kappa shape index (κ1) is 15.4. The number of nitrogens with zero attached hydrogens (tertiary/aromatic N) is 1. The third-order valence-electron chi connectivity index (χ3n) is 3.34. The third kappa shape index (κ3) is 2.63. The molecule has 0 saturated heterocycles. The number of nitrogen functional groups attached to an aromatic ring is 1. The van der Waals surface area contributed by atoms with Crippen LogP contribution in [0.3, 0.4) is 0 Å². The van der Waals surface area contributed by atoms with E-state index in [1.165, 1.54) is 13.8 Å². The number of benzene rings is 1. The van der Waals surface area contributed by atoms with Gasteiger partial charge in [0.05, 0.1) is 5.56 Å². The first-order valence-corrected chi connectivity index (χ1v) is 7.85. The van der Waals surface area contributed by atoms with Crippen molar-refractivity contribution in [2.24, 2.45) is 0 Å². The van der Waals surface area contributed by atoms with Crippen LogP contribution in [-0.4, -0.2) is 19.8 Å². The predicted octanol–water partition coefficient (Wildman–Crippen LogP) is 2.48. The molecule has 114 valence electrons. The molecule has 0 amide bonds. The van der Waals surface area contributed by atoms with Crippen molar-refractivity contribution in [3.8, 4) is 11.1 Å². The molecule has 1 heterocycles. The van der Waals surface area contributed by atoms with Gasteiger partial charge < -0.3 is 10.3 Å². The summed E-state index contributed by atoms with van der Waals surface area (Å²) >= 11 is 0. The fourth-order valence-corrected chi connectivity index (χ4v) is 2.34. The summed E-state index contributed by atoms with van der Waals surface area (Å²) in [6, 6.07) is 2.77. The highest BCUT2D eigenvalue weighted by molar-refractivity contribution is 7.91. The minimum absolute atomic E-state index is 0.0625. The maximum atomic E-state index is 13.4. The molecule has 0 bridgehead atoms. The number of halogens is 2. The van der Waals surface area contributed by atoms with Gasteiger partial charge in [-0.1, -0.05) is 5.16 Å². The maximum absolute atomic E-state index is 13.4. The number of sulfone groups is 1. The molecule has 0 aliphatic heterocycles. The molecule has 5 nitrogen and oxygen atoms in total. The molecule has 0 aliphatic rings. The molecule has 2 rings (SSSR count). The van der Waals surface area contributed by atoms with Crippen molar-refractivity contribution >= 4 is 15.7 Å². The standard InChI is InChI=1S/C13H14F2N2O3S/c1-13(2,21(3,18)19)11-10(12(16)17-20-11)7-4-8(14)6-9(15)5-7/h4-6H,1-3H3,(H2,16,17). The zero-order valence-electron chi connectivity index (χ0n) is 11.6. The summed E-state index contributed by atoms with van der Waals surface area (Å²) in [5.41, 5.74) is 5.81. The van der Waals surface area contributed by atoms with Gasteiger partial charge >= 0.3 is 0 Å². The first-order chi connectivity index (χ1) is 9.54. The van der Waals surface area contributed by atoms with Crippen LogP contribution in [0.5, 0.6) is 0 Å². The Hall–Kier alpha value is -1.96.